The number of urea groups is 1. The molecule has 0 radical (unpaired) electrons. The van der Waals surface area contributed by atoms with Crippen molar-refractivity contribution in [1.82, 2.24) is 5.32 Å². The molecule has 122 valence electrons. The maximum atomic E-state index is 13.9. The summed E-state index contributed by atoms with van der Waals surface area (Å²) in [7, 11) is 0. The minimum Gasteiger partial charge on any atom is -0.464 e. The Morgan fingerprint density at radius 3 is 2.78 bits per heavy atom. The second kappa shape index (κ2) is 6.42. The van der Waals surface area contributed by atoms with Gasteiger partial charge in [0.25, 0.3) is 0 Å². The zero-order valence-electron chi connectivity index (χ0n) is 12.6. The number of carbonyl (C=O) groups excluding carboxylic acids is 1. The van der Waals surface area contributed by atoms with Crippen LogP contribution in [0.25, 0.3) is 11.3 Å². The fraction of sp³-hybridized carbons (Fsp3) is 0.353. The summed E-state index contributed by atoms with van der Waals surface area (Å²) in [6.07, 6.45) is 4.80. The van der Waals surface area contributed by atoms with Gasteiger partial charge in [-0.15, -0.1) is 0 Å². The first kappa shape index (κ1) is 15.6. The highest BCUT2D eigenvalue weighted by Gasteiger charge is 2.31. The zero-order chi connectivity index (χ0) is 16.3. The summed E-state index contributed by atoms with van der Waals surface area (Å²) in [4.78, 5) is 11.9. The van der Waals surface area contributed by atoms with Crippen LogP contribution in [-0.2, 0) is 0 Å². The number of hydrogen-bond donors (Lipinski definition) is 3. The molecule has 0 saturated heterocycles. The fourth-order valence-electron chi connectivity index (χ4n) is 2.84. The number of carbonyl (C=O) groups is 1. The zero-order valence-corrected chi connectivity index (χ0v) is 12.6. The molecular weight excluding hydrogens is 299 g/mol. The van der Waals surface area contributed by atoms with E-state index in [-0.39, 0.29) is 12.2 Å². The van der Waals surface area contributed by atoms with Crippen LogP contribution < -0.4 is 10.6 Å². The van der Waals surface area contributed by atoms with E-state index in [1.165, 1.54) is 18.4 Å². The highest BCUT2D eigenvalue weighted by atomic mass is 19.1. The van der Waals surface area contributed by atoms with Crippen molar-refractivity contribution in [2.75, 3.05) is 11.9 Å². The number of halogens is 1. The van der Waals surface area contributed by atoms with Crippen LogP contribution in [0.4, 0.5) is 14.9 Å². The van der Waals surface area contributed by atoms with E-state index in [0.717, 1.165) is 12.8 Å². The van der Waals surface area contributed by atoms with E-state index in [0.29, 0.717) is 24.2 Å². The number of hydrogen-bond acceptors (Lipinski definition) is 3. The van der Waals surface area contributed by atoms with Gasteiger partial charge in [-0.3, -0.25) is 0 Å². The quantitative estimate of drug-likeness (QED) is 0.807. The van der Waals surface area contributed by atoms with Gasteiger partial charge < -0.3 is 20.2 Å². The van der Waals surface area contributed by atoms with Crippen molar-refractivity contribution in [1.29, 1.82) is 0 Å². The maximum absolute atomic E-state index is 13.9. The monoisotopic (exact) mass is 318 g/mol. The minimum absolute atomic E-state index is 0.0646. The highest BCUT2D eigenvalue weighted by molar-refractivity contribution is 5.90. The van der Waals surface area contributed by atoms with Gasteiger partial charge >= 0.3 is 6.03 Å². The molecule has 5 nitrogen and oxygen atoms in total. The molecule has 1 fully saturated rings. The number of anilines is 1. The van der Waals surface area contributed by atoms with Gasteiger partial charge in [-0.05, 0) is 43.2 Å². The number of amides is 2. The van der Waals surface area contributed by atoms with Crippen LogP contribution in [0.15, 0.2) is 41.0 Å². The van der Waals surface area contributed by atoms with Gasteiger partial charge in [0, 0.05) is 12.1 Å². The van der Waals surface area contributed by atoms with Crippen molar-refractivity contribution < 1.29 is 18.7 Å². The lowest BCUT2D eigenvalue weighted by molar-refractivity contribution is 0.0506. The molecule has 1 heterocycles. The topological polar surface area (TPSA) is 74.5 Å². The third-order valence-electron chi connectivity index (χ3n) is 4.13. The Labute approximate surface area is 133 Å². The van der Waals surface area contributed by atoms with Crippen LogP contribution >= 0.6 is 0 Å². The second-order valence-corrected chi connectivity index (χ2v) is 5.91. The van der Waals surface area contributed by atoms with Gasteiger partial charge in [-0.2, -0.15) is 0 Å². The molecule has 0 atom stereocenters. The Morgan fingerprint density at radius 2 is 2.09 bits per heavy atom. The predicted molar refractivity (Wildman–Crippen MR) is 84.5 cm³/mol. The molecule has 1 aromatic carbocycles. The lowest BCUT2D eigenvalue weighted by atomic mass is 10.0. The Bertz CT molecular complexity index is 679. The maximum Gasteiger partial charge on any atom is 0.319 e. The second-order valence-electron chi connectivity index (χ2n) is 5.91. The van der Waals surface area contributed by atoms with E-state index in [1.54, 1.807) is 18.2 Å². The number of benzene rings is 1. The van der Waals surface area contributed by atoms with E-state index in [9.17, 15) is 14.3 Å². The van der Waals surface area contributed by atoms with Gasteiger partial charge in [-0.1, -0.05) is 12.8 Å². The molecule has 0 bridgehead atoms. The molecule has 2 amide bonds. The SMILES string of the molecule is O=C(NCC1(O)CCCC1)Nc1cc(-c2ccco2)ccc1F. The molecule has 0 aliphatic heterocycles. The van der Waals surface area contributed by atoms with Crippen molar-refractivity contribution in [2.24, 2.45) is 0 Å². The minimum atomic E-state index is -0.841. The first-order valence-electron chi connectivity index (χ1n) is 7.66. The standard InChI is InChI=1S/C17H19FN2O3/c18-13-6-5-12(15-4-3-9-23-15)10-14(13)20-16(21)19-11-17(22)7-1-2-8-17/h3-6,9-10,22H,1-2,7-8,11H2,(H2,19,20,21). The first-order chi connectivity index (χ1) is 11.1. The number of furan rings is 1. The van der Waals surface area contributed by atoms with Gasteiger partial charge in [-0.25, -0.2) is 9.18 Å². The van der Waals surface area contributed by atoms with Gasteiger partial charge in [0.1, 0.15) is 11.6 Å². The molecular formula is C17H19FN2O3. The third-order valence-corrected chi connectivity index (χ3v) is 4.13. The summed E-state index contributed by atoms with van der Waals surface area (Å²) >= 11 is 0. The molecule has 3 N–H and O–H groups in total. The van der Waals surface area contributed by atoms with Crippen molar-refractivity contribution in [3.05, 3.63) is 42.4 Å². The summed E-state index contributed by atoms with van der Waals surface area (Å²) in [6.45, 7) is 0.165. The van der Waals surface area contributed by atoms with Crippen LogP contribution in [0.5, 0.6) is 0 Å². The molecule has 2 aromatic rings. The molecule has 3 rings (SSSR count). The van der Waals surface area contributed by atoms with Gasteiger partial charge in [0.2, 0.25) is 0 Å². The van der Waals surface area contributed by atoms with E-state index >= 15 is 0 Å². The van der Waals surface area contributed by atoms with Crippen LogP contribution in [0.3, 0.4) is 0 Å². The Balaban J connectivity index is 1.65. The summed E-state index contributed by atoms with van der Waals surface area (Å²) in [5.74, 6) is 0.0590. The molecule has 1 aliphatic carbocycles. The third kappa shape index (κ3) is 3.71. The van der Waals surface area contributed by atoms with Crippen LogP contribution in [0.2, 0.25) is 0 Å². The Kier molecular flexibility index (Phi) is 4.34. The van der Waals surface area contributed by atoms with Crippen LogP contribution in [0.1, 0.15) is 25.7 Å². The Morgan fingerprint density at radius 1 is 1.30 bits per heavy atom. The molecule has 23 heavy (non-hydrogen) atoms. The average Bonchev–Trinajstić information content (AvgIpc) is 3.20. The van der Waals surface area contributed by atoms with E-state index < -0.39 is 17.4 Å². The molecule has 0 spiro atoms. The summed E-state index contributed by atoms with van der Waals surface area (Å²) in [5.41, 5.74) is -0.109. The van der Waals surface area contributed by atoms with E-state index in [4.69, 9.17) is 4.42 Å². The lowest BCUT2D eigenvalue weighted by Gasteiger charge is -2.22. The smallest absolute Gasteiger partial charge is 0.319 e. The average molecular weight is 318 g/mol. The summed E-state index contributed by atoms with van der Waals surface area (Å²) in [6, 6.07) is 7.32. The normalized spacial score (nSPS) is 16.3. The van der Waals surface area contributed by atoms with Gasteiger partial charge in [0.15, 0.2) is 0 Å². The van der Waals surface area contributed by atoms with Crippen molar-refractivity contribution >= 4 is 11.7 Å². The van der Waals surface area contributed by atoms with Crippen LogP contribution in [-0.4, -0.2) is 23.3 Å². The number of rotatable bonds is 4. The summed E-state index contributed by atoms with van der Waals surface area (Å²) in [5, 5.41) is 15.3. The van der Waals surface area contributed by atoms with Crippen molar-refractivity contribution in [2.45, 2.75) is 31.3 Å². The van der Waals surface area contributed by atoms with Crippen molar-refractivity contribution in [3.8, 4) is 11.3 Å². The van der Waals surface area contributed by atoms with Crippen LogP contribution in [0, 0.1) is 5.82 Å². The molecule has 1 aliphatic rings. The van der Waals surface area contributed by atoms with E-state index in [2.05, 4.69) is 10.6 Å². The largest absolute Gasteiger partial charge is 0.464 e. The number of nitrogens with one attached hydrogen (secondary N) is 2. The lowest BCUT2D eigenvalue weighted by Crippen LogP contribution is -2.42. The Hall–Kier alpha value is -2.34. The molecule has 1 aromatic heterocycles. The van der Waals surface area contributed by atoms with Crippen molar-refractivity contribution in [3.63, 3.8) is 0 Å². The number of aliphatic hydroxyl groups is 1. The van der Waals surface area contributed by atoms with Gasteiger partial charge in [0.05, 0.1) is 17.6 Å². The highest BCUT2D eigenvalue weighted by Crippen LogP contribution is 2.29. The summed E-state index contributed by atoms with van der Waals surface area (Å²) < 4.78 is 19.1. The fourth-order valence-corrected chi connectivity index (χ4v) is 2.84. The first-order valence-corrected chi connectivity index (χ1v) is 7.66. The molecule has 6 heteroatoms. The van der Waals surface area contributed by atoms with E-state index in [1.807, 2.05) is 0 Å². The predicted octanol–water partition coefficient (Wildman–Crippen LogP) is 3.51. The molecule has 0 unspecified atom stereocenters. The molecule has 1 saturated carbocycles.